The third kappa shape index (κ3) is 2.76. The normalized spacial score (nSPS) is 13.8. The summed E-state index contributed by atoms with van der Waals surface area (Å²) >= 11 is 3.54. The fraction of sp³-hybridized carbons (Fsp3) is 0.176. The molecule has 0 radical (unpaired) electrons. The van der Waals surface area contributed by atoms with E-state index in [0.29, 0.717) is 5.96 Å². The molecule has 1 aliphatic rings. The number of halogens is 1. The minimum atomic E-state index is 0.303. The van der Waals surface area contributed by atoms with Gasteiger partial charge in [0.15, 0.2) is 0 Å². The summed E-state index contributed by atoms with van der Waals surface area (Å²) in [7, 11) is 1.62. The zero-order chi connectivity index (χ0) is 15.7. The third-order valence-corrected chi connectivity index (χ3v) is 4.33. The molecule has 0 aliphatic heterocycles. The Bertz CT molecular complexity index is 793. The first-order valence-corrected chi connectivity index (χ1v) is 7.82. The van der Waals surface area contributed by atoms with Crippen LogP contribution < -0.4 is 11.2 Å². The number of guanidine groups is 1. The molecular weight excluding hydrogens is 340 g/mol. The monoisotopic (exact) mass is 356 g/mol. The molecule has 0 saturated heterocycles. The van der Waals surface area contributed by atoms with Gasteiger partial charge in [-0.1, -0.05) is 34.1 Å². The SMILES string of the molecule is CN=C(N)NN=C(C)c1ccc2c(c1)Cc1cc(Br)ccc1-2. The van der Waals surface area contributed by atoms with Crippen LogP contribution in [0.15, 0.2) is 51.0 Å². The molecule has 2 aromatic rings. The molecule has 4 nitrogen and oxygen atoms in total. The molecule has 0 aromatic heterocycles. The van der Waals surface area contributed by atoms with E-state index >= 15 is 0 Å². The van der Waals surface area contributed by atoms with E-state index in [2.05, 4.69) is 67.8 Å². The molecule has 0 atom stereocenters. The lowest BCUT2D eigenvalue weighted by molar-refractivity contribution is 0.997. The lowest BCUT2D eigenvalue weighted by atomic mass is 10.0. The van der Waals surface area contributed by atoms with E-state index in [1.807, 2.05) is 6.92 Å². The zero-order valence-corrected chi connectivity index (χ0v) is 14.1. The number of fused-ring (bicyclic) bond motifs is 3. The van der Waals surface area contributed by atoms with E-state index in [1.165, 1.54) is 22.3 Å². The average molecular weight is 357 g/mol. The Balaban J connectivity index is 1.91. The minimum absolute atomic E-state index is 0.303. The molecule has 0 amide bonds. The molecular formula is C17H17BrN4. The number of aliphatic imine (C=N–C) groups is 1. The Morgan fingerprint density at radius 1 is 1.14 bits per heavy atom. The number of hydrogen-bond acceptors (Lipinski definition) is 2. The molecule has 2 aromatic carbocycles. The van der Waals surface area contributed by atoms with Crippen LogP contribution in [0.2, 0.25) is 0 Å². The summed E-state index contributed by atoms with van der Waals surface area (Å²) in [6.45, 7) is 1.95. The first kappa shape index (κ1) is 14.8. The molecule has 5 heteroatoms. The Morgan fingerprint density at radius 3 is 2.55 bits per heavy atom. The maximum atomic E-state index is 5.59. The highest BCUT2D eigenvalue weighted by atomic mass is 79.9. The van der Waals surface area contributed by atoms with Crippen LogP contribution in [0.1, 0.15) is 23.6 Å². The van der Waals surface area contributed by atoms with Gasteiger partial charge in [-0.15, -0.1) is 0 Å². The van der Waals surface area contributed by atoms with Gasteiger partial charge in [-0.2, -0.15) is 5.10 Å². The highest BCUT2D eigenvalue weighted by Gasteiger charge is 2.19. The number of nitrogens with zero attached hydrogens (tertiary/aromatic N) is 2. The maximum absolute atomic E-state index is 5.59. The molecule has 0 spiro atoms. The van der Waals surface area contributed by atoms with Gasteiger partial charge in [0.2, 0.25) is 5.96 Å². The Labute approximate surface area is 138 Å². The van der Waals surface area contributed by atoms with Gasteiger partial charge < -0.3 is 5.73 Å². The first-order valence-electron chi connectivity index (χ1n) is 7.03. The second-order valence-corrected chi connectivity index (χ2v) is 6.18. The Hall–Kier alpha value is -2.14. The molecule has 0 bridgehead atoms. The summed E-state index contributed by atoms with van der Waals surface area (Å²) in [5, 5.41) is 4.26. The van der Waals surface area contributed by atoms with Gasteiger partial charge >= 0.3 is 0 Å². The summed E-state index contributed by atoms with van der Waals surface area (Å²) in [5.74, 6) is 0.303. The van der Waals surface area contributed by atoms with Crippen molar-refractivity contribution in [2.24, 2.45) is 15.8 Å². The Kier molecular flexibility index (Phi) is 3.98. The fourth-order valence-corrected chi connectivity index (χ4v) is 3.07. The second-order valence-electron chi connectivity index (χ2n) is 5.27. The van der Waals surface area contributed by atoms with E-state index in [9.17, 15) is 0 Å². The molecule has 0 heterocycles. The van der Waals surface area contributed by atoms with Crippen LogP contribution in [0, 0.1) is 0 Å². The van der Waals surface area contributed by atoms with Crippen molar-refractivity contribution >= 4 is 27.6 Å². The van der Waals surface area contributed by atoms with Crippen molar-refractivity contribution in [3.8, 4) is 11.1 Å². The van der Waals surface area contributed by atoms with Gasteiger partial charge in [0.25, 0.3) is 0 Å². The van der Waals surface area contributed by atoms with Crippen molar-refractivity contribution in [1.29, 1.82) is 0 Å². The van der Waals surface area contributed by atoms with E-state index in [0.717, 1.165) is 22.2 Å². The van der Waals surface area contributed by atoms with E-state index < -0.39 is 0 Å². The number of nitrogens with two attached hydrogens (primary N) is 1. The van der Waals surface area contributed by atoms with Crippen LogP contribution in [0.4, 0.5) is 0 Å². The molecule has 3 rings (SSSR count). The summed E-state index contributed by atoms with van der Waals surface area (Å²) in [5.41, 5.74) is 15.6. The summed E-state index contributed by atoms with van der Waals surface area (Å²) < 4.78 is 1.12. The molecule has 22 heavy (non-hydrogen) atoms. The predicted octanol–water partition coefficient (Wildman–Crippen LogP) is 3.28. The van der Waals surface area contributed by atoms with E-state index in [-0.39, 0.29) is 0 Å². The van der Waals surface area contributed by atoms with Crippen LogP contribution in [-0.2, 0) is 6.42 Å². The lowest BCUT2D eigenvalue weighted by Gasteiger charge is -2.06. The van der Waals surface area contributed by atoms with Crippen LogP contribution in [-0.4, -0.2) is 18.7 Å². The number of rotatable bonds is 2. The molecule has 0 unspecified atom stereocenters. The van der Waals surface area contributed by atoms with Crippen LogP contribution in [0.25, 0.3) is 11.1 Å². The zero-order valence-electron chi connectivity index (χ0n) is 12.5. The first-order chi connectivity index (χ1) is 10.6. The van der Waals surface area contributed by atoms with Gasteiger partial charge in [0.05, 0.1) is 5.71 Å². The number of hydrazone groups is 1. The maximum Gasteiger partial charge on any atom is 0.209 e. The number of nitrogens with one attached hydrogen (secondary N) is 1. The molecule has 0 saturated carbocycles. The largest absolute Gasteiger partial charge is 0.369 e. The summed E-state index contributed by atoms with van der Waals surface area (Å²) in [6.07, 6.45) is 0.956. The summed E-state index contributed by atoms with van der Waals surface area (Å²) in [6, 6.07) is 12.9. The van der Waals surface area contributed by atoms with Crippen LogP contribution in [0.5, 0.6) is 0 Å². The van der Waals surface area contributed by atoms with Crippen molar-refractivity contribution in [2.45, 2.75) is 13.3 Å². The van der Waals surface area contributed by atoms with Crippen molar-refractivity contribution < 1.29 is 0 Å². The molecule has 0 fully saturated rings. The highest BCUT2D eigenvalue weighted by molar-refractivity contribution is 9.10. The van der Waals surface area contributed by atoms with Gasteiger partial charge in [-0.3, -0.25) is 4.99 Å². The van der Waals surface area contributed by atoms with Crippen LogP contribution >= 0.6 is 15.9 Å². The molecule has 3 N–H and O–H groups in total. The minimum Gasteiger partial charge on any atom is -0.369 e. The Morgan fingerprint density at radius 2 is 1.82 bits per heavy atom. The lowest BCUT2D eigenvalue weighted by Crippen LogP contribution is -2.27. The highest BCUT2D eigenvalue weighted by Crippen LogP contribution is 2.38. The van der Waals surface area contributed by atoms with E-state index in [4.69, 9.17) is 5.73 Å². The third-order valence-electron chi connectivity index (χ3n) is 3.84. The topological polar surface area (TPSA) is 62.8 Å². The van der Waals surface area contributed by atoms with Crippen LogP contribution in [0.3, 0.4) is 0 Å². The predicted molar refractivity (Wildman–Crippen MR) is 95.3 cm³/mol. The van der Waals surface area contributed by atoms with Crippen molar-refractivity contribution in [2.75, 3.05) is 7.05 Å². The van der Waals surface area contributed by atoms with Gasteiger partial charge in [0.1, 0.15) is 0 Å². The van der Waals surface area contributed by atoms with Gasteiger partial charge in [0, 0.05) is 11.5 Å². The standard InChI is InChI=1S/C17H17BrN4/c1-10(21-22-17(19)20-2)11-3-5-15-12(7-11)8-13-9-14(18)4-6-16(13)15/h3-7,9H,8H2,1-2H3,(H3,19,20,22). The molecule has 112 valence electrons. The van der Waals surface area contributed by atoms with Gasteiger partial charge in [-0.05, 0) is 59.4 Å². The van der Waals surface area contributed by atoms with Crippen molar-refractivity contribution in [3.05, 3.63) is 57.6 Å². The number of hydrogen-bond donors (Lipinski definition) is 2. The van der Waals surface area contributed by atoms with Crippen molar-refractivity contribution in [1.82, 2.24) is 5.43 Å². The quantitative estimate of drug-likeness (QED) is 0.420. The fourth-order valence-electron chi connectivity index (χ4n) is 2.66. The molecule has 1 aliphatic carbocycles. The van der Waals surface area contributed by atoms with Gasteiger partial charge in [-0.25, -0.2) is 5.43 Å². The number of benzene rings is 2. The smallest absolute Gasteiger partial charge is 0.209 e. The van der Waals surface area contributed by atoms with Crippen molar-refractivity contribution in [3.63, 3.8) is 0 Å². The van der Waals surface area contributed by atoms with E-state index in [1.54, 1.807) is 7.05 Å². The summed E-state index contributed by atoms with van der Waals surface area (Å²) in [4.78, 5) is 3.82. The second kappa shape index (κ2) is 5.93. The average Bonchev–Trinajstić information content (AvgIpc) is 2.88.